The molecule has 0 spiro atoms. The van der Waals surface area contributed by atoms with Crippen LogP contribution >= 0.6 is 11.6 Å². The Kier molecular flexibility index (Phi) is 5.39. The predicted molar refractivity (Wildman–Crippen MR) is 82.3 cm³/mol. The number of nitriles is 1. The molecule has 0 saturated heterocycles. The van der Waals surface area contributed by atoms with Crippen LogP contribution < -0.4 is 5.32 Å². The number of nitrogens with zero attached hydrogens (tertiary/aromatic N) is 1. The highest BCUT2D eigenvalue weighted by atomic mass is 35.5. The number of esters is 1. The van der Waals surface area contributed by atoms with Crippen LogP contribution in [0.2, 0.25) is 5.02 Å². The second-order valence-corrected chi connectivity index (χ2v) is 5.14. The largest absolute Gasteiger partial charge is 0.478 e. The van der Waals surface area contributed by atoms with Crippen molar-refractivity contribution < 1.29 is 19.4 Å². The van der Waals surface area contributed by atoms with E-state index in [1.54, 1.807) is 24.3 Å². The van der Waals surface area contributed by atoms with Crippen molar-refractivity contribution in [2.45, 2.75) is 12.3 Å². The van der Waals surface area contributed by atoms with Crippen LogP contribution in [0, 0.1) is 11.3 Å². The van der Waals surface area contributed by atoms with Crippen molar-refractivity contribution in [2.75, 3.05) is 6.61 Å². The number of hydrogen-bond acceptors (Lipinski definition) is 5. The fraction of sp³-hybridized carbons (Fsp3) is 0.188. The molecule has 0 amide bonds. The molecule has 1 aromatic rings. The molecule has 23 heavy (non-hydrogen) atoms. The second kappa shape index (κ2) is 7.47. The fourth-order valence-corrected chi connectivity index (χ4v) is 2.43. The molecule has 1 heterocycles. The monoisotopic (exact) mass is 332 g/mol. The van der Waals surface area contributed by atoms with Gasteiger partial charge in [0.25, 0.3) is 0 Å². The first-order chi connectivity index (χ1) is 11.0. The number of nitrogens with one attached hydrogen (secondary N) is 1. The first-order valence-corrected chi connectivity index (χ1v) is 7.11. The van der Waals surface area contributed by atoms with Crippen LogP contribution in [-0.4, -0.2) is 23.7 Å². The molecule has 1 aromatic carbocycles. The van der Waals surface area contributed by atoms with E-state index in [2.05, 4.69) is 5.32 Å². The molecule has 2 N–H and O–H groups in total. The Morgan fingerprint density at radius 3 is 2.74 bits per heavy atom. The summed E-state index contributed by atoms with van der Waals surface area (Å²) in [6.45, 7) is -0.0545. The molecular weight excluding hydrogens is 320 g/mol. The Labute approximate surface area is 137 Å². The van der Waals surface area contributed by atoms with Crippen LogP contribution in [0.4, 0.5) is 0 Å². The van der Waals surface area contributed by atoms with Crippen molar-refractivity contribution in [1.29, 1.82) is 5.26 Å². The van der Waals surface area contributed by atoms with Gasteiger partial charge in [-0.1, -0.05) is 23.7 Å². The Morgan fingerprint density at radius 1 is 1.35 bits per heavy atom. The maximum Gasteiger partial charge on any atom is 0.336 e. The lowest BCUT2D eigenvalue weighted by Crippen LogP contribution is -2.26. The van der Waals surface area contributed by atoms with Gasteiger partial charge in [0.05, 0.1) is 29.6 Å². The third-order valence-electron chi connectivity index (χ3n) is 3.21. The number of carbonyl (C=O) groups excluding carboxylic acids is 1. The Balaban J connectivity index is 2.36. The molecule has 118 valence electrons. The van der Waals surface area contributed by atoms with E-state index in [0.29, 0.717) is 10.6 Å². The van der Waals surface area contributed by atoms with Crippen LogP contribution in [0.5, 0.6) is 0 Å². The maximum absolute atomic E-state index is 12.2. The molecule has 0 fully saturated rings. The summed E-state index contributed by atoms with van der Waals surface area (Å²) >= 11 is 5.97. The number of aliphatic carboxylic acids is 1. The zero-order valence-corrected chi connectivity index (χ0v) is 12.7. The lowest BCUT2D eigenvalue weighted by atomic mass is 9.84. The van der Waals surface area contributed by atoms with Gasteiger partial charge in [0.2, 0.25) is 0 Å². The van der Waals surface area contributed by atoms with Gasteiger partial charge >= 0.3 is 11.9 Å². The van der Waals surface area contributed by atoms with Gasteiger partial charge in [0.15, 0.2) is 0 Å². The van der Waals surface area contributed by atoms with Crippen molar-refractivity contribution in [3.63, 3.8) is 0 Å². The van der Waals surface area contributed by atoms with Gasteiger partial charge in [-0.05, 0) is 17.7 Å². The number of carbonyl (C=O) groups is 2. The molecule has 1 aliphatic rings. The van der Waals surface area contributed by atoms with Gasteiger partial charge in [0.1, 0.15) is 6.61 Å². The normalized spacial score (nSPS) is 16.4. The fourth-order valence-electron chi connectivity index (χ4n) is 2.24. The molecule has 2 rings (SSSR count). The lowest BCUT2D eigenvalue weighted by Gasteiger charge is -2.24. The van der Waals surface area contributed by atoms with Crippen molar-refractivity contribution in [2.24, 2.45) is 0 Å². The highest BCUT2D eigenvalue weighted by Crippen LogP contribution is 2.35. The van der Waals surface area contributed by atoms with E-state index < -0.39 is 17.9 Å². The Hall–Kier alpha value is -2.78. The summed E-state index contributed by atoms with van der Waals surface area (Å²) in [4.78, 5) is 23.7. The zero-order chi connectivity index (χ0) is 16.8. The molecular formula is C16H13ClN2O4. The van der Waals surface area contributed by atoms with Crippen LogP contribution in [0.25, 0.3) is 0 Å². The van der Waals surface area contributed by atoms with E-state index in [4.69, 9.17) is 21.6 Å². The molecule has 0 saturated carbocycles. The summed E-state index contributed by atoms with van der Waals surface area (Å²) in [5.41, 5.74) is 0.711. The van der Waals surface area contributed by atoms with E-state index >= 15 is 0 Å². The van der Waals surface area contributed by atoms with Crippen molar-refractivity contribution >= 4 is 23.5 Å². The smallest absolute Gasteiger partial charge is 0.336 e. The minimum atomic E-state index is -1.15. The highest BCUT2D eigenvalue weighted by Gasteiger charge is 2.33. The number of hydrogen-bond donors (Lipinski definition) is 2. The molecule has 7 heteroatoms. The van der Waals surface area contributed by atoms with E-state index in [1.165, 1.54) is 12.4 Å². The van der Waals surface area contributed by atoms with Crippen LogP contribution in [0.1, 0.15) is 17.9 Å². The molecule has 1 unspecified atom stereocenters. The second-order valence-electron chi connectivity index (χ2n) is 4.70. The number of benzene rings is 1. The van der Waals surface area contributed by atoms with Gasteiger partial charge in [-0.2, -0.15) is 5.26 Å². The number of dihydropyridines is 1. The molecule has 0 aliphatic carbocycles. The molecule has 1 atom stereocenters. The number of carboxylic acids is 1. The summed E-state index contributed by atoms with van der Waals surface area (Å²) in [6, 6.07) is 8.50. The molecule has 0 radical (unpaired) electrons. The third-order valence-corrected chi connectivity index (χ3v) is 3.45. The van der Waals surface area contributed by atoms with Crippen molar-refractivity contribution in [1.82, 2.24) is 5.32 Å². The van der Waals surface area contributed by atoms with Crippen molar-refractivity contribution in [3.8, 4) is 6.07 Å². The summed E-state index contributed by atoms with van der Waals surface area (Å²) in [5, 5.41) is 21.0. The first-order valence-electron chi connectivity index (χ1n) is 6.73. The summed E-state index contributed by atoms with van der Waals surface area (Å²) in [5.74, 6) is -2.63. The van der Waals surface area contributed by atoms with E-state index in [9.17, 15) is 14.7 Å². The zero-order valence-electron chi connectivity index (χ0n) is 12.0. The predicted octanol–water partition coefficient (Wildman–Crippen LogP) is 2.34. The van der Waals surface area contributed by atoms with Crippen LogP contribution in [0.15, 0.2) is 47.8 Å². The number of ether oxygens (including phenoxy) is 1. The summed E-state index contributed by atoms with van der Waals surface area (Å²) in [6.07, 6.45) is 2.78. The molecule has 0 bridgehead atoms. The molecule has 0 aromatic heterocycles. The third kappa shape index (κ3) is 3.90. The minimum absolute atomic E-state index is 0.00185. The van der Waals surface area contributed by atoms with Gasteiger partial charge in [-0.3, -0.25) is 0 Å². The van der Waals surface area contributed by atoms with Gasteiger partial charge in [0, 0.05) is 17.4 Å². The van der Waals surface area contributed by atoms with Crippen LogP contribution in [-0.2, 0) is 14.3 Å². The summed E-state index contributed by atoms with van der Waals surface area (Å²) in [7, 11) is 0. The van der Waals surface area contributed by atoms with Gasteiger partial charge in [-0.15, -0.1) is 0 Å². The quantitative estimate of drug-likeness (QED) is 0.634. The van der Waals surface area contributed by atoms with Gasteiger partial charge < -0.3 is 15.2 Å². The number of carboxylic acid groups (broad SMARTS) is 1. The minimum Gasteiger partial charge on any atom is -0.478 e. The first kappa shape index (κ1) is 16.6. The van der Waals surface area contributed by atoms with E-state index in [0.717, 1.165) is 0 Å². The standard InChI is InChI=1S/C16H13ClN2O4/c17-11-4-1-3-10(7-11)14-12(15(20)21)8-19-9-13(14)16(22)23-6-2-5-18/h1,3-4,7-9,14,19H,2,6H2,(H,20,21). The maximum atomic E-state index is 12.2. The Morgan fingerprint density at radius 2 is 2.09 bits per heavy atom. The SMILES string of the molecule is N#CCCOC(=O)C1=CNC=C(C(=O)O)C1c1cccc(Cl)c1. The lowest BCUT2D eigenvalue weighted by molar-refractivity contribution is -0.139. The highest BCUT2D eigenvalue weighted by molar-refractivity contribution is 6.30. The number of halogens is 1. The average molecular weight is 333 g/mol. The Bertz CT molecular complexity index is 734. The van der Waals surface area contributed by atoms with Gasteiger partial charge in [-0.25, -0.2) is 9.59 Å². The summed E-state index contributed by atoms with van der Waals surface area (Å²) < 4.78 is 5.01. The number of rotatable bonds is 5. The van der Waals surface area contributed by atoms with E-state index in [1.807, 2.05) is 6.07 Å². The average Bonchev–Trinajstić information content (AvgIpc) is 2.54. The topological polar surface area (TPSA) is 99.4 Å². The molecule has 6 nitrogen and oxygen atoms in total. The molecule has 1 aliphatic heterocycles. The van der Waals surface area contributed by atoms with Crippen LogP contribution in [0.3, 0.4) is 0 Å². The van der Waals surface area contributed by atoms with E-state index in [-0.39, 0.29) is 24.2 Å². The van der Waals surface area contributed by atoms with Crippen molar-refractivity contribution in [3.05, 3.63) is 58.4 Å².